The molecule has 0 aromatic carbocycles. The predicted molar refractivity (Wildman–Crippen MR) is 82.3 cm³/mol. The van der Waals surface area contributed by atoms with Gasteiger partial charge in [0.1, 0.15) is 6.33 Å². The molecule has 0 aliphatic carbocycles. The summed E-state index contributed by atoms with van der Waals surface area (Å²) in [5, 5.41) is 5.88. The van der Waals surface area contributed by atoms with E-state index in [9.17, 15) is 9.59 Å². The van der Waals surface area contributed by atoms with Crippen LogP contribution in [0.1, 0.15) is 36.5 Å². The van der Waals surface area contributed by atoms with Gasteiger partial charge in [0.05, 0.1) is 12.1 Å². The van der Waals surface area contributed by atoms with Crippen LogP contribution >= 0.6 is 0 Å². The number of hydrogen-bond acceptors (Lipinski definition) is 5. The first kappa shape index (κ1) is 16.4. The zero-order valence-electron chi connectivity index (χ0n) is 12.9. The molecular weight excluding hydrogens is 282 g/mol. The Morgan fingerprint density at radius 1 is 1.27 bits per heavy atom. The summed E-state index contributed by atoms with van der Waals surface area (Å²) in [6.45, 7) is 4.83. The summed E-state index contributed by atoms with van der Waals surface area (Å²) >= 11 is 0. The van der Waals surface area contributed by atoms with E-state index >= 15 is 0 Å². The van der Waals surface area contributed by atoms with Gasteiger partial charge in [-0.25, -0.2) is 9.97 Å². The molecule has 7 nitrogen and oxygen atoms in total. The van der Waals surface area contributed by atoms with Gasteiger partial charge < -0.3 is 10.6 Å². The highest BCUT2D eigenvalue weighted by atomic mass is 16.2. The van der Waals surface area contributed by atoms with E-state index in [2.05, 4.69) is 25.5 Å². The van der Waals surface area contributed by atoms with Crippen LogP contribution in [0.25, 0.3) is 0 Å². The van der Waals surface area contributed by atoms with Crippen molar-refractivity contribution in [2.75, 3.05) is 26.2 Å². The van der Waals surface area contributed by atoms with Gasteiger partial charge in [0.15, 0.2) is 0 Å². The number of amides is 2. The SMILES string of the molecule is CCCNC(=O)CN1CCC(NC(=O)c2cncnc2)CC1. The van der Waals surface area contributed by atoms with Gasteiger partial charge in [0.2, 0.25) is 5.91 Å². The van der Waals surface area contributed by atoms with Gasteiger partial charge in [0, 0.05) is 38.1 Å². The van der Waals surface area contributed by atoms with Crippen LogP contribution in [0.3, 0.4) is 0 Å². The maximum Gasteiger partial charge on any atom is 0.254 e. The lowest BCUT2D eigenvalue weighted by atomic mass is 10.0. The van der Waals surface area contributed by atoms with E-state index < -0.39 is 0 Å². The molecule has 2 rings (SSSR count). The van der Waals surface area contributed by atoms with Gasteiger partial charge in [-0.1, -0.05) is 6.92 Å². The van der Waals surface area contributed by atoms with Crippen molar-refractivity contribution in [1.82, 2.24) is 25.5 Å². The van der Waals surface area contributed by atoms with Crippen molar-refractivity contribution in [3.8, 4) is 0 Å². The molecule has 2 N–H and O–H groups in total. The third-order valence-electron chi connectivity index (χ3n) is 3.68. The van der Waals surface area contributed by atoms with Crippen LogP contribution in [0.2, 0.25) is 0 Å². The zero-order valence-corrected chi connectivity index (χ0v) is 12.9. The third kappa shape index (κ3) is 5.07. The fourth-order valence-electron chi connectivity index (χ4n) is 2.44. The minimum Gasteiger partial charge on any atom is -0.355 e. The minimum atomic E-state index is -0.139. The molecule has 1 aliphatic rings. The molecule has 1 aliphatic heterocycles. The molecule has 0 radical (unpaired) electrons. The highest BCUT2D eigenvalue weighted by Gasteiger charge is 2.22. The first-order valence-corrected chi connectivity index (χ1v) is 7.74. The minimum absolute atomic E-state index is 0.0748. The van der Waals surface area contributed by atoms with Crippen LogP contribution in [0.4, 0.5) is 0 Å². The topological polar surface area (TPSA) is 87.2 Å². The number of piperidine rings is 1. The summed E-state index contributed by atoms with van der Waals surface area (Å²) in [6.07, 6.45) is 7.06. The maximum absolute atomic E-state index is 12.0. The second-order valence-electron chi connectivity index (χ2n) is 5.50. The molecule has 1 aromatic heterocycles. The normalized spacial score (nSPS) is 16.2. The van der Waals surface area contributed by atoms with E-state index in [0.29, 0.717) is 12.1 Å². The second-order valence-corrected chi connectivity index (χ2v) is 5.50. The highest BCUT2D eigenvalue weighted by Crippen LogP contribution is 2.10. The van der Waals surface area contributed by atoms with Crippen molar-refractivity contribution in [2.45, 2.75) is 32.2 Å². The fourth-order valence-corrected chi connectivity index (χ4v) is 2.44. The lowest BCUT2D eigenvalue weighted by molar-refractivity contribution is -0.122. The second kappa shape index (κ2) is 8.43. The van der Waals surface area contributed by atoms with E-state index in [-0.39, 0.29) is 17.9 Å². The Morgan fingerprint density at radius 3 is 2.59 bits per heavy atom. The summed E-state index contributed by atoms with van der Waals surface area (Å²) < 4.78 is 0. The van der Waals surface area contributed by atoms with Crippen molar-refractivity contribution in [2.24, 2.45) is 0 Å². The van der Waals surface area contributed by atoms with Gasteiger partial charge in [-0.3, -0.25) is 14.5 Å². The molecule has 2 heterocycles. The standard InChI is InChI=1S/C15H23N5O2/c1-2-5-18-14(21)10-20-6-3-13(4-7-20)19-15(22)12-8-16-11-17-9-12/h8-9,11,13H,2-7,10H2,1H3,(H,18,21)(H,19,22). The van der Waals surface area contributed by atoms with Gasteiger partial charge >= 0.3 is 0 Å². The van der Waals surface area contributed by atoms with E-state index in [1.165, 1.54) is 18.7 Å². The van der Waals surface area contributed by atoms with Gasteiger partial charge in [-0.05, 0) is 19.3 Å². The van der Waals surface area contributed by atoms with E-state index in [0.717, 1.165) is 38.9 Å². The number of aromatic nitrogens is 2. The van der Waals surface area contributed by atoms with Gasteiger partial charge in [-0.15, -0.1) is 0 Å². The number of carbonyl (C=O) groups excluding carboxylic acids is 2. The Morgan fingerprint density at radius 2 is 1.95 bits per heavy atom. The van der Waals surface area contributed by atoms with Crippen molar-refractivity contribution >= 4 is 11.8 Å². The Bertz CT molecular complexity index is 486. The van der Waals surface area contributed by atoms with Crippen LogP contribution in [-0.4, -0.2) is 58.9 Å². The summed E-state index contributed by atoms with van der Waals surface area (Å²) in [5.74, 6) is -0.0643. The average molecular weight is 305 g/mol. The zero-order chi connectivity index (χ0) is 15.8. The Balaban J connectivity index is 1.71. The smallest absolute Gasteiger partial charge is 0.254 e. The first-order chi connectivity index (χ1) is 10.7. The van der Waals surface area contributed by atoms with E-state index in [1.807, 2.05) is 6.92 Å². The average Bonchev–Trinajstić information content (AvgIpc) is 2.55. The van der Waals surface area contributed by atoms with Gasteiger partial charge in [-0.2, -0.15) is 0 Å². The van der Waals surface area contributed by atoms with Gasteiger partial charge in [0.25, 0.3) is 5.91 Å². The van der Waals surface area contributed by atoms with Crippen LogP contribution in [-0.2, 0) is 4.79 Å². The maximum atomic E-state index is 12.0. The van der Waals surface area contributed by atoms with Crippen LogP contribution in [0.15, 0.2) is 18.7 Å². The molecule has 7 heteroatoms. The lowest BCUT2D eigenvalue weighted by Gasteiger charge is -2.31. The van der Waals surface area contributed by atoms with Crippen molar-refractivity contribution in [1.29, 1.82) is 0 Å². The third-order valence-corrected chi connectivity index (χ3v) is 3.68. The van der Waals surface area contributed by atoms with E-state index in [1.54, 1.807) is 0 Å². The van der Waals surface area contributed by atoms with Crippen LogP contribution < -0.4 is 10.6 Å². The fraction of sp³-hybridized carbons (Fsp3) is 0.600. The molecule has 22 heavy (non-hydrogen) atoms. The quantitative estimate of drug-likeness (QED) is 0.784. The molecule has 0 unspecified atom stereocenters. The summed E-state index contributed by atoms with van der Waals surface area (Å²) in [7, 11) is 0. The Kier molecular flexibility index (Phi) is 6.27. The molecule has 0 atom stereocenters. The summed E-state index contributed by atoms with van der Waals surface area (Å²) in [5.41, 5.74) is 0.476. The van der Waals surface area contributed by atoms with Crippen LogP contribution in [0.5, 0.6) is 0 Å². The van der Waals surface area contributed by atoms with Crippen molar-refractivity contribution in [3.05, 3.63) is 24.3 Å². The first-order valence-electron chi connectivity index (χ1n) is 7.74. The number of nitrogens with one attached hydrogen (secondary N) is 2. The highest BCUT2D eigenvalue weighted by molar-refractivity contribution is 5.93. The molecule has 1 saturated heterocycles. The molecule has 0 bridgehead atoms. The molecule has 1 aromatic rings. The van der Waals surface area contributed by atoms with Crippen LogP contribution in [0, 0.1) is 0 Å². The Labute approximate surface area is 130 Å². The number of carbonyl (C=O) groups is 2. The number of hydrogen-bond donors (Lipinski definition) is 2. The molecular formula is C15H23N5O2. The Hall–Kier alpha value is -2.02. The number of nitrogens with zero attached hydrogens (tertiary/aromatic N) is 3. The van der Waals surface area contributed by atoms with E-state index in [4.69, 9.17) is 0 Å². The van der Waals surface area contributed by atoms with Crippen molar-refractivity contribution < 1.29 is 9.59 Å². The monoisotopic (exact) mass is 305 g/mol. The largest absolute Gasteiger partial charge is 0.355 e. The lowest BCUT2D eigenvalue weighted by Crippen LogP contribution is -2.47. The van der Waals surface area contributed by atoms with Crippen molar-refractivity contribution in [3.63, 3.8) is 0 Å². The molecule has 0 saturated carbocycles. The molecule has 0 spiro atoms. The molecule has 120 valence electrons. The molecule has 2 amide bonds. The summed E-state index contributed by atoms with van der Waals surface area (Å²) in [4.78, 5) is 33.5. The molecule has 1 fully saturated rings. The number of rotatable bonds is 6. The number of likely N-dealkylation sites (tertiary alicyclic amines) is 1. The summed E-state index contributed by atoms with van der Waals surface area (Å²) in [6, 6.07) is 0.141. The predicted octanol–water partition coefficient (Wildman–Crippen LogP) is 0.197.